The Morgan fingerprint density at radius 3 is 1.20 bits per heavy atom. The van der Waals surface area contributed by atoms with E-state index >= 15 is 0 Å². The van der Waals surface area contributed by atoms with Crippen LogP contribution in [0.1, 0.15) is 12.8 Å². The summed E-state index contributed by atoms with van der Waals surface area (Å²) >= 11 is 0. The van der Waals surface area contributed by atoms with Crippen molar-refractivity contribution in [2.24, 2.45) is 0 Å². The van der Waals surface area contributed by atoms with Crippen molar-refractivity contribution in [3.05, 3.63) is 103 Å². The molecule has 0 aromatic heterocycles. The summed E-state index contributed by atoms with van der Waals surface area (Å²) in [6.07, 6.45) is -0.412. The Balaban J connectivity index is 1.28. The smallest absolute Gasteiger partial charge is 0.224 e. The number of amides is 1. The molecule has 0 unspecified atom stereocenters. The molecule has 0 saturated carbocycles. The van der Waals surface area contributed by atoms with Crippen molar-refractivity contribution in [1.29, 1.82) is 0 Å². The molecule has 35 heavy (non-hydrogen) atoms. The number of rotatable bonds is 10. The monoisotopic (exact) mass is 465 g/mol. The molecule has 1 amide bonds. The summed E-state index contributed by atoms with van der Waals surface area (Å²) < 4.78 is 0. The molecule has 7 heteroatoms. The van der Waals surface area contributed by atoms with E-state index in [0.29, 0.717) is 5.69 Å². The third-order valence-corrected chi connectivity index (χ3v) is 5.13. The van der Waals surface area contributed by atoms with Gasteiger partial charge in [-0.05, 0) is 91.3 Å². The Hall–Kier alpha value is -4.78. The highest BCUT2D eigenvalue weighted by molar-refractivity contribution is 5.92. The molecule has 0 atom stereocenters. The Morgan fingerprint density at radius 2 is 0.829 bits per heavy atom. The van der Waals surface area contributed by atoms with E-state index in [1.807, 2.05) is 91.0 Å². The minimum atomic E-state index is -1.24. The van der Waals surface area contributed by atoms with Crippen molar-refractivity contribution < 1.29 is 14.7 Å². The number of carboxylic acid groups (broad SMARTS) is 1. The SMILES string of the molecule is O=C([O-])CCC(=O)Nc1ccc(Nc2ccc(Nc3ccc(Nc4ccccc4)cc3)cc2)cc1. The van der Waals surface area contributed by atoms with Gasteiger partial charge in [0.2, 0.25) is 5.91 Å². The van der Waals surface area contributed by atoms with E-state index in [1.165, 1.54) is 0 Å². The van der Waals surface area contributed by atoms with Gasteiger partial charge in [0.15, 0.2) is 0 Å². The lowest BCUT2D eigenvalue weighted by Gasteiger charge is -2.11. The van der Waals surface area contributed by atoms with Gasteiger partial charge in [-0.25, -0.2) is 0 Å². The molecule has 4 N–H and O–H groups in total. The molecule has 7 nitrogen and oxygen atoms in total. The van der Waals surface area contributed by atoms with E-state index < -0.39 is 5.97 Å². The number of carboxylic acids is 1. The molecule has 176 valence electrons. The lowest BCUT2D eigenvalue weighted by Crippen LogP contribution is -2.24. The summed E-state index contributed by atoms with van der Waals surface area (Å²) in [4.78, 5) is 22.2. The summed E-state index contributed by atoms with van der Waals surface area (Å²) in [5, 5.41) is 23.2. The number of benzene rings is 4. The van der Waals surface area contributed by atoms with Crippen molar-refractivity contribution >= 4 is 51.7 Å². The van der Waals surface area contributed by atoms with Crippen LogP contribution in [0.5, 0.6) is 0 Å². The van der Waals surface area contributed by atoms with Crippen molar-refractivity contribution in [3.8, 4) is 0 Å². The number of hydrogen-bond donors (Lipinski definition) is 4. The fraction of sp³-hybridized carbons (Fsp3) is 0.0714. The Morgan fingerprint density at radius 1 is 0.486 bits per heavy atom. The molecule has 0 saturated heterocycles. The van der Waals surface area contributed by atoms with Gasteiger partial charge in [0.05, 0.1) is 0 Å². The van der Waals surface area contributed by atoms with E-state index in [9.17, 15) is 14.7 Å². The Labute approximate surface area is 203 Å². The number of para-hydroxylation sites is 1. The molecule has 0 heterocycles. The first kappa shape index (κ1) is 23.4. The largest absolute Gasteiger partial charge is 0.550 e. The Kier molecular flexibility index (Phi) is 7.60. The second kappa shape index (κ2) is 11.4. The quantitative estimate of drug-likeness (QED) is 0.250. The molecule has 4 aromatic rings. The molecule has 0 radical (unpaired) electrons. The van der Waals surface area contributed by atoms with Crippen LogP contribution in [0, 0.1) is 0 Å². The fourth-order valence-corrected chi connectivity index (χ4v) is 3.37. The zero-order valence-corrected chi connectivity index (χ0v) is 19.0. The van der Waals surface area contributed by atoms with Crippen molar-refractivity contribution in [2.45, 2.75) is 12.8 Å². The highest BCUT2D eigenvalue weighted by Crippen LogP contribution is 2.24. The van der Waals surface area contributed by atoms with Crippen LogP contribution in [0.2, 0.25) is 0 Å². The minimum absolute atomic E-state index is 0.114. The highest BCUT2D eigenvalue weighted by Gasteiger charge is 2.03. The van der Waals surface area contributed by atoms with E-state index in [0.717, 1.165) is 34.1 Å². The molecule has 0 aliphatic rings. The van der Waals surface area contributed by atoms with E-state index in [1.54, 1.807) is 12.1 Å². The zero-order chi connectivity index (χ0) is 24.5. The molecule has 0 aliphatic heterocycles. The van der Waals surface area contributed by atoms with Gasteiger partial charge in [-0.2, -0.15) is 0 Å². The van der Waals surface area contributed by atoms with Crippen molar-refractivity contribution in [2.75, 3.05) is 21.3 Å². The maximum absolute atomic E-state index is 11.7. The van der Waals surface area contributed by atoms with Crippen LogP contribution >= 0.6 is 0 Å². The molecule has 4 rings (SSSR count). The van der Waals surface area contributed by atoms with Gasteiger partial charge in [-0.3, -0.25) is 4.79 Å². The summed E-state index contributed by atoms with van der Waals surface area (Å²) in [6, 6.07) is 33.3. The zero-order valence-electron chi connectivity index (χ0n) is 19.0. The van der Waals surface area contributed by atoms with Crippen LogP contribution in [0.25, 0.3) is 0 Å². The van der Waals surface area contributed by atoms with Crippen LogP contribution in [-0.4, -0.2) is 11.9 Å². The average Bonchev–Trinajstić information content (AvgIpc) is 2.87. The topological polar surface area (TPSA) is 105 Å². The van der Waals surface area contributed by atoms with E-state index in [-0.39, 0.29) is 18.7 Å². The molecule has 0 bridgehead atoms. The highest BCUT2D eigenvalue weighted by atomic mass is 16.4. The maximum Gasteiger partial charge on any atom is 0.224 e. The third kappa shape index (κ3) is 7.36. The first-order valence-corrected chi connectivity index (χ1v) is 11.2. The van der Waals surface area contributed by atoms with E-state index in [2.05, 4.69) is 21.3 Å². The van der Waals surface area contributed by atoms with Gasteiger partial charge in [0.25, 0.3) is 0 Å². The second-order valence-corrected chi connectivity index (χ2v) is 7.89. The van der Waals surface area contributed by atoms with Gasteiger partial charge >= 0.3 is 0 Å². The van der Waals surface area contributed by atoms with Crippen molar-refractivity contribution in [3.63, 3.8) is 0 Å². The summed E-state index contributed by atoms with van der Waals surface area (Å²) in [5.74, 6) is -1.60. The number of carbonyl (C=O) groups is 2. The molecular formula is C28H25N4O3-. The van der Waals surface area contributed by atoms with Crippen LogP contribution < -0.4 is 26.4 Å². The van der Waals surface area contributed by atoms with Gasteiger partial charge in [0.1, 0.15) is 0 Å². The first-order chi connectivity index (χ1) is 17.0. The summed E-state index contributed by atoms with van der Waals surface area (Å²) in [5.41, 5.74) is 6.40. The summed E-state index contributed by atoms with van der Waals surface area (Å²) in [6.45, 7) is 0. The molecule has 0 fully saturated rings. The predicted octanol–water partition coefficient (Wildman–Crippen LogP) is 5.39. The number of anilines is 7. The molecule has 0 aliphatic carbocycles. The normalized spacial score (nSPS) is 10.3. The fourth-order valence-electron chi connectivity index (χ4n) is 3.37. The third-order valence-electron chi connectivity index (χ3n) is 5.13. The second-order valence-electron chi connectivity index (χ2n) is 7.89. The van der Waals surface area contributed by atoms with E-state index in [4.69, 9.17) is 0 Å². The van der Waals surface area contributed by atoms with Gasteiger partial charge in [-0.15, -0.1) is 0 Å². The number of hydrogen-bond acceptors (Lipinski definition) is 6. The van der Waals surface area contributed by atoms with Gasteiger partial charge in [-0.1, -0.05) is 18.2 Å². The number of carbonyl (C=O) groups excluding carboxylic acids is 2. The number of aliphatic carboxylic acids is 1. The van der Waals surface area contributed by atoms with Gasteiger partial charge in [0, 0.05) is 52.2 Å². The van der Waals surface area contributed by atoms with Gasteiger partial charge < -0.3 is 31.2 Å². The number of nitrogens with one attached hydrogen (secondary N) is 4. The minimum Gasteiger partial charge on any atom is -0.550 e. The van der Waals surface area contributed by atoms with Crippen LogP contribution in [0.3, 0.4) is 0 Å². The predicted molar refractivity (Wildman–Crippen MR) is 138 cm³/mol. The molecule has 4 aromatic carbocycles. The van der Waals surface area contributed by atoms with Crippen LogP contribution in [-0.2, 0) is 9.59 Å². The lowest BCUT2D eigenvalue weighted by molar-refractivity contribution is -0.305. The van der Waals surface area contributed by atoms with Crippen LogP contribution in [0.15, 0.2) is 103 Å². The van der Waals surface area contributed by atoms with Crippen LogP contribution in [0.4, 0.5) is 39.8 Å². The maximum atomic E-state index is 11.7. The first-order valence-electron chi connectivity index (χ1n) is 11.2. The standard InChI is InChI=1S/C28H26N4O3/c33-27(18-19-28(34)35)32-26-16-14-25(15-17-26)31-24-12-10-23(11-13-24)30-22-8-6-21(7-9-22)29-20-4-2-1-3-5-20/h1-17,29-31H,18-19H2,(H,32,33)(H,34,35)/p-1. The Bertz CT molecular complexity index is 1260. The molecule has 0 spiro atoms. The average molecular weight is 466 g/mol. The molecular weight excluding hydrogens is 440 g/mol. The lowest BCUT2D eigenvalue weighted by atomic mass is 10.2. The summed E-state index contributed by atoms with van der Waals surface area (Å²) in [7, 11) is 0. The van der Waals surface area contributed by atoms with Crippen molar-refractivity contribution in [1.82, 2.24) is 0 Å².